The summed E-state index contributed by atoms with van der Waals surface area (Å²) < 4.78 is 6.33. The third kappa shape index (κ3) is 3.36. The Labute approximate surface area is 87.2 Å². The smallest absolute Gasteiger partial charge is 0.0717 e. The second-order valence-electron chi connectivity index (χ2n) is 2.91. The second-order valence-corrected chi connectivity index (χ2v) is 3.76. The Morgan fingerprint density at radius 2 is 2.23 bits per heavy atom. The van der Waals surface area contributed by atoms with E-state index in [4.69, 9.17) is 10.5 Å². The second kappa shape index (κ2) is 5.25. The molecule has 0 heterocycles. The summed E-state index contributed by atoms with van der Waals surface area (Å²) in [5, 5.41) is 0. The van der Waals surface area contributed by atoms with Crippen LogP contribution in [0.2, 0.25) is 0 Å². The molecule has 0 radical (unpaired) electrons. The molecule has 3 heteroatoms. The Bertz CT molecular complexity index is 276. The fourth-order valence-electron chi connectivity index (χ4n) is 1.02. The van der Waals surface area contributed by atoms with Gasteiger partial charge in [0.05, 0.1) is 6.61 Å². The number of ether oxygens (including phenoxy) is 1. The SMILES string of the molecule is CCCOCc1ccc(Br)c(N)c1. The first kappa shape index (κ1) is 10.5. The summed E-state index contributed by atoms with van der Waals surface area (Å²) in [4.78, 5) is 0. The van der Waals surface area contributed by atoms with Crippen molar-refractivity contribution >= 4 is 21.6 Å². The number of anilines is 1. The van der Waals surface area contributed by atoms with Crippen LogP contribution in [-0.4, -0.2) is 6.61 Å². The lowest BCUT2D eigenvalue weighted by atomic mass is 10.2. The molecular weight excluding hydrogens is 230 g/mol. The Morgan fingerprint density at radius 1 is 1.46 bits per heavy atom. The zero-order valence-electron chi connectivity index (χ0n) is 7.72. The third-order valence-corrected chi connectivity index (χ3v) is 2.40. The van der Waals surface area contributed by atoms with Gasteiger partial charge in [0.2, 0.25) is 0 Å². The van der Waals surface area contributed by atoms with Gasteiger partial charge in [0.15, 0.2) is 0 Å². The monoisotopic (exact) mass is 243 g/mol. The van der Waals surface area contributed by atoms with Crippen molar-refractivity contribution in [1.82, 2.24) is 0 Å². The lowest BCUT2D eigenvalue weighted by molar-refractivity contribution is 0.121. The van der Waals surface area contributed by atoms with Crippen LogP contribution in [0.1, 0.15) is 18.9 Å². The van der Waals surface area contributed by atoms with Gasteiger partial charge in [-0.25, -0.2) is 0 Å². The molecule has 0 aliphatic rings. The summed E-state index contributed by atoms with van der Waals surface area (Å²) in [5.74, 6) is 0. The Morgan fingerprint density at radius 3 is 2.85 bits per heavy atom. The number of nitrogens with two attached hydrogens (primary N) is 1. The van der Waals surface area contributed by atoms with E-state index in [0.717, 1.165) is 28.8 Å². The highest BCUT2D eigenvalue weighted by Gasteiger charge is 1.97. The van der Waals surface area contributed by atoms with Crippen LogP contribution < -0.4 is 5.73 Å². The number of nitrogen functional groups attached to an aromatic ring is 1. The first-order valence-corrected chi connectivity index (χ1v) is 5.15. The van der Waals surface area contributed by atoms with Gasteiger partial charge in [0, 0.05) is 16.8 Å². The summed E-state index contributed by atoms with van der Waals surface area (Å²) in [7, 11) is 0. The molecule has 72 valence electrons. The van der Waals surface area contributed by atoms with Crippen molar-refractivity contribution in [2.24, 2.45) is 0 Å². The predicted molar refractivity (Wildman–Crippen MR) is 58.5 cm³/mol. The van der Waals surface area contributed by atoms with E-state index in [9.17, 15) is 0 Å². The highest BCUT2D eigenvalue weighted by atomic mass is 79.9. The molecule has 0 fully saturated rings. The standard InChI is InChI=1S/C10H14BrNO/c1-2-5-13-7-8-3-4-9(11)10(12)6-8/h3-4,6H,2,5,7,12H2,1H3. The molecular formula is C10H14BrNO. The van der Waals surface area contributed by atoms with Crippen molar-refractivity contribution in [2.45, 2.75) is 20.0 Å². The lowest BCUT2D eigenvalue weighted by Gasteiger charge is -2.04. The maximum atomic E-state index is 5.72. The Kier molecular flexibility index (Phi) is 4.25. The lowest BCUT2D eigenvalue weighted by Crippen LogP contribution is -1.95. The minimum atomic E-state index is 0.644. The fourth-order valence-corrected chi connectivity index (χ4v) is 1.26. The van der Waals surface area contributed by atoms with E-state index in [1.807, 2.05) is 18.2 Å². The van der Waals surface area contributed by atoms with Gasteiger partial charge in [-0.1, -0.05) is 13.0 Å². The molecule has 0 spiro atoms. The minimum absolute atomic E-state index is 0.644. The zero-order chi connectivity index (χ0) is 9.68. The summed E-state index contributed by atoms with van der Waals surface area (Å²) in [6.07, 6.45) is 1.05. The van der Waals surface area contributed by atoms with Gasteiger partial charge in [0.1, 0.15) is 0 Å². The van der Waals surface area contributed by atoms with Gasteiger partial charge in [0.25, 0.3) is 0 Å². The molecule has 0 aromatic heterocycles. The van der Waals surface area contributed by atoms with Crippen molar-refractivity contribution in [2.75, 3.05) is 12.3 Å². The predicted octanol–water partition coefficient (Wildman–Crippen LogP) is 2.96. The Balaban J connectivity index is 2.53. The highest BCUT2D eigenvalue weighted by Crippen LogP contribution is 2.20. The van der Waals surface area contributed by atoms with Crippen LogP contribution in [0.25, 0.3) is 0 Å². The van der Waals surface area contributed by atoms with Gasteiger partial charge in [-0.2, -0.15) is 0 Å². The molecule has 13 heavy (non-hydrogen) atoms. The first-order valence-electron chi connectivity index (χ1n) is 4.35. The molecule has 0 atom stereocenters. The maximum absolute atomic E-state index is 5.72. The largest absolute Gasteiger partial charge is 0.398 e. The van der Waals surface area contributed by atoms with E-state index >= 15 is 0 Å². The molecule has 1 aromatic rings. The van der Waals surface area contributed by atoms with E-state index in [2.05, 4.69) is 22.9 Å². The fraction of sp³-hybridized carbons (Fsp3) is 0.400. The molecule has 0 aliphatic heterocycles. The summed E-state index contributed by atoms with van der Waals surface area (Å²) in [6, 6.07) is 5.88. The number of hydrogen-bond acceptors (Lipinski definition) is 2. The van der Waals surface area contributed by atoms with Crippen LogP contribution in [0.15, 0.2) is 22.7 Å². The minimum Gasteiger partial charge on any atom is -0.398 e. The van der Waals surface area contributed by atoms with Crippen molar-refractivity contribution in [3.8, 4) is 0 Å². The van der Waals surface area contributed by atoms with Crippen molar-refractivity contribution < 1.29 is 4.74 Å². The van der Waals surface area contributed by atoms with Crippen LogP contribution in [0, 0.1) is 0 Å². The van der Waals surface area contributed by atoms with Crippen molar-refractivity contribution in [3.05, 3.63) is 28.2 Å². The van der Waals surface area contributed by atoms with E-state index in [1.54, 1.807) is 0 Å². The van der Waals surface area contributed by atoms with E-state index in [1.165, 1.54) is 0 Å². The van der Waals surface area contributed by atoms with Gasteiger partial charge in [-0.3, -0.25) is 0 Å². The molecule has 1 aromatic carbocycles. The van der Waals surface area contributed by atoms with Gasteiger partial charge < -0.3 is 10.5 Å². The van der Waals surface area contributed by atoms with Gasteiger partial charge in [-0.15, -0.1) is 0 Å². The molecule has 0 aliphatic carbocycles. The molecule has 0 bridgehead atoms. The molecule has 0 saturated heterocycles. The molecule has 2 nitrogen and oxygen atoms in total. The molecule has 1 rings (SSSR count). The van der Waals surface area contributed by atoms with E-state index in [0.29, 0.717) is 6.61 Å². The number of halogens is 1. The van der Waals surface area contributed by atoms with Gasteiger partial charge in [-0.05, 0) is 40.0 Å². The van der Waals surface area contributed by atoms with Crippen LogP contribution in [0.4, 0.5) is 5.69 Å². The number of rotatable bonds is 4. The third-order valence-electron chi connectivity index (χ3n) is 1.68. The van der Waals surface area contributed by atoms with Crippen LogP contribution in [0.5, 0.6) is 0 Å². The summed E-state index contributed by atoms with van der Waals surface area (Å²) >= 11 is 3.35. The Hall–Kier alpha value is -0.540. The molecule has 2 N–H and O–H groups in total. The van der Waals surface area contributed by atoms with Gasteiger partial charge >= 0.3 is 0 Å². The van der Waals surface area contributed by atoms with Crippen LogP contribution in [0.3, 0.4) is 0 Å². The average Bonchev–Trinajstić information content (AvgIpc) is 2.12. The van der Waals surface area contributed by atoms with Crippen molar-refractivity contribution in [1.29, 1.82) is 0 Å². The number of benzene rings is 1. The topological polar surface area (TPSA) is 35.2 Å². The normalized spacial score (nSPS) is 10.3. The first-order chi connectivity index (χ1) is 6.24. The number of hydrogen-bond donors (Lipinski definition) is 1. The molecule has 0 saturated carbocycles. The van der Waals surface area contributed by atoms with Crippen molar-refractivity contribution in [3.63, 3.8) is 0 Å². The summed E-state index contributed by atoms with van der Waals surface area (Å²) in [6.45, 7) is 3.54. The maximum Gasteiger partial charge on any atom is 0.0717 e. The van der Waals surface area contributed by atoms with E-state index < -0.39 is 0 Å². The zero-order valence-corrected chi connectivity index (χ0v) is 9.30. The molecule has 0 amide bonds. The highest BCUT2D eigenvalue weighted by molar-refractivity contribution is 9.10. The van der Waals surface area contributed by atoms with E-state index in [-0.39, 0.29) is 0 Å². The van der Waals surface area contributed by atoms with Crippen LogP contribution in [-0.2, 0) is 11.3 Å². The summed E-state index contributed by atoms with van der Waals surface area (Å²) in [5.41, 5.74) is 7.60. The van der Waals surface area contributed by atoms with Crippen LogP contribution >= 0.6 is 15.9 Å². The average molecular weight is 244 g/mol. The quantitative estimate of drug-likeness (QED) is 0.652. The molecule has 0 unspecified atom stereocenters.